The summed E-state index contributed by atoms with van der Waals surface area (Å²) in [5, 5.41) is 2.70. The first-order chi connectivity index (χ1) is 12.9. The van der Waals surface area contributed by atoms with E-state index in [-0.39, 0.29) is 6.61 Å². The molecule has 0 atom stereocenters. The van der Waals surface area contributed by atoms with Crippen molar-refractivity contribution in [2.45, 2.75) is 6.92 Å². The van der Waals surface area contributed by atoms with E-state index in [1.165, 1.54) is 20.3 Å². The Bertz CT molecular complexity index is 863. The van der Waals surface area contributed by atoms with Crippen LogP contribution in [-0.2, 0) is 14.3 Å². The number of methoxy groups -OCH3 is 2. The van der Waals surface area contributed by atoms with Gasteiger partial charge in [-0.1, -0.05) is 28.1 Å². The predicted molar refractivity (Wildman–Crippen MR) is 107 cm³/mol. The van der Waals surface area contributed by atoms with Crippen LogP contribution in [0.5, 0.6) is 11.5 Å². The van der Waals surface area contributed by atoms with Crippen LogP contribution in [-0.4, -0.2) is 32.7 Å². The standard InChI is InChI=1S/C20H20BrNO5/c1-13-11-15(21)8-9-16(13)22-18(23)12-27-19(24)10-7-14-5-4-6-17(25-2)20(14)26-3/h4-11H,12H2,1-3H3,(H,22,23)/b10-7+. The van der Waals surface area contributed by atoms with E-state index in [9.17, 15) is 9.59 Å². The van der Waals surface area contributed by atoms with Crippen molar-refractivity contribution in [2.24, 2.45) is 0 Å². The molecule has 0 aliphatic rings. The van der Waals surface area contributed by atoms with Crippen molar-refractivity contribution in [3.05, 3.63) is 58.1 Å². The molecule has 0 spiro atoms. The monoisotopic (exact) mass is 433 g/mol. The Balaban J connectivity index is 1.92. The van der Waals surface area contributed by atoms with Crippen LogP contribution in [0.15, 0.2) is 46.9 Å². The van der Waals surface area contributed by atoms with Gasteiger partial charge in [-0.25, -0.2) is 4.79 Å². The molecule has 0 heterocycles. The van der Waals surface area contributed by atoms with Gasteiger partial charge in [-0.15, -0.1) is 0 Å². The number of para-hydroxylation sites is 1. The number of carbonyl (C=O) groups excluding carboxylic acids is 2. The van der Waals surface area contributed by atoms with Crippen molar-refractivity contribution in [1.82, 2.24) is 0 Å². The van der Waals surface area contributed by atoms with E-state index >= 15 is 0 Å². The van der Waals surface area contributed by atoms with E-state index in [4.69, 9.17) is 14.2 Å². The van der Waals surface area contributed by atoms with Crippen molar-refractivity contribution in [3.63, 3.8) is 0 Å². The molecule has 0 fully saturated rings. The summed E-state index contributed by atoms with van der Waals surface area (Å²) < 4.78 is 16.4. The number of benzene rings is 2. The highest BCUT2D eigenvalue weighted by Crippen LogP contribution is 2.31. The van der Waals surface area contributed by atoms with Gasteiger partial charge in [-0.2, -0.15) is 0 Å². The molecular formula is C20H20BrNO5. The first-order valence-electron chi connectivity index (χ1n) is 8.06. The third-order valence-electron chi connectivity index (χ3n) is 3.64. The minimum absolute atomic E-state index is 0.381. The molecule has 7 heteroatoms. The second-order valence-electron chi connectivity index (χ2n) is 5.53. The largest absolute Gasteiger partial charge is 0.493 e. The number of ether oxygens (including phenoxy) is 3. The number of carbonyl (C=O) groups is 2. The summed E-state index contributed by atoms with van der Waals surface area (Å²) in [5.74, 6) is 0.00783. The Morgan fingerprint density at radius 2 is 1.93 bits per heavy atom. The number of esters is 1. The van der Waals surface area contributed by atoms with E-state index in [0.29, 0.717) is 22.7 Å². The molecular weight excluding hydrogens is 414 g/mol. The van der Waals surface area contributed by atoms with Crippen LogP contribution in [0.1, 0.15) is 11.1 Å². The number of rotatable bonds is 7. The average Bonchev–Trinajstić information content (AvgIpc) is 2.66. The van der Waals surface area contributed by atoms with E-state index in [1.54, 1.807) is 30.3 Å². The SMILES string of the molecule is COc1cccc(/C=C/C(=O)OCC(=O)Nc2ccc(Br)cc2C)c1OC. The molecule has 1 amide bonds. The van der Waals surface area contributed by atoms with Crippen LogP contribution in [0, 0.1) is 6.92 Å². The summed E-state index contributed by atoms with van der Waals surface area (Å²) in [6.45, 7) is 1.49. The number of nitrogens with one attached hydrogen (secondary N) is 1. The molecule has 2 aromatic rings. The average molecular weight is 434 g/mol. The van der Waals surface area contributed by atoms with Crippen LogP contribution >= 0.6 is 15.9 Å². The van der Waals surface area contributed by atoms with Crippen molar-refractivity contribution in [3.8, 4) is 11.5 Å². The van der Waals surface area contributed by atoms with Gasteiger partial charge < -0.3 is 19.5 Å². The lowest BCUT2D eigenvalue weighted by Gasteiger charge is -2.10. The van der Waals surface area contributed by atoms with Gasteiger partial charge in [0, 0.05) is 21.8 Å². The topological polar surface area (TPSA) is 73.9 Å². The maximum absolute atomic E-state index is 12.0. The van der Waals surface area contributed by atoms with Gasteiger partial charge in [0.2, 0.25) is 0 Å². The minimum Gasteiger partial charge on any atom is -0.493 e. The molecule has 0 unspecified atom stereocenters. The van der Waals surface area contributed by atoms with Crippen LogP contribution < -0.4 is 14.8 Å². The molecule has 142 valence electrons. The summed E-state index contributed by atoms with van der Waals surface area (Å²) in [6, 6.07) is 10.8. The Morgan fingerprint density at radius 3 is 2.59 bits per heavy atom. The number of halogens is 1. The van der Waals surface area contributed by atoms with Crippen LogP contribution in [0.25, 0.3) is 6.08 Å². The molecule has 6 nitrogen and oxygen atoms in total. The second-order valence-corrected chi connectivity index (χ2v) is 6.45. The van der Waals surface area contributed by atoms with Gasteiger partial charge >= 0.3 is 5.97 Å². The van der Waals surface area contributed by atoms with Crippen LogP contribution in [0.4, 0.5) is 5.69 Å². The lowest BCUT2D eigenvalue weighted by Crippen LogP contribution is -2.20. The molecule has 0 aliphatic heterocycles. The van der Waals surface area contributed by atoms with E-state index in [2.05, 4.69) is 21.2 Å². The smallest absolute Gasteiger partial charge is 0.331 e. The Hall–Kier alpha value is -2.80. The zero-order chi connectivity index (χ0) is 19.8. The lowest BCUT2D eigenvalue weighted by molar-refractivity contribution is -0.142. The number of hydrogen-bond donors (Lipinski definition) is 1. The van der Waals surface area contributed by atoms with Gasteiger partial charge in [-0.05, 0) is 42.8 Å². The minimum atomic E-state index is -0.637. The van der Waals surface area contributed by atoms with Crippen LogP contribution in [0.3, 0.4) is 0 Å². The maximum atomic E-state index is 12.0. The second kappa shape index (κ2) is 9.78. The zero-order valence-electron chi connectivity index (χ0n) is 15.2. The molecule has 0 aliphatic carbocycles. The van der Waals surface area contributed by atoms with E-state index < -0.39 is 11.9 Å². The van der Waals surface area contributed by atoms with E-state index in [0.717, 1.165) is 10.0 Å². The molecule has 2 aromatic carbocycles. The summed E-state index contributed by atoms with van der Waals surface area (Å²) in [5.41, 5.74) is 2.22. The fourth-order valence-corrected chi connectivity index (χ4v) is 2.82. The number of amides is 1. The third-order valence-corrected chi connectivity index (χ3v) is 4.13. The third kappa shape index (κ3) is 5.86. The van der Waals surface area contributed by atoms with Crippen molar-refractivity contribution < 1.29 is 23.8 Å². The van der Waals surface area contributed by atoms with Crippen molar-refractivity contribution >= 4 is 39.6 Å². The van der Waals surface area contributed by atoms with Crippen molar-refractivity contribution in [1.29, 1.82) is 0 Å². The molecule has 1 N–H and O–H groups in total. The normalized spacial score (nSPS) is 10.5. The fourth-order valence-electron chi connectivity index (χ4n) is 2.34. The number of anilines is 1. The van der Waals surface area contributed by atoms with Gasteiger partial charge in [0.1, 0.15) is 0 Å². The molecule has 0 aromatic heterocycles. The van der Waals surface area contributed by atoms with Crippen molar-refractivity contribution in [2.75, 3.05) is 26.1 Å². The molecule has 0 saturated carbocycles. The first-order valence-corrected chi connectivity index (χ1v) is 8.85. The number of hydrogen-bond acceptors (Lipinski definition) is 5. The highest BCUT2D eigenvalue weighted by atomic mass is 79.9. The quantitative estimate of drug-likeness (QED) is 0.528. The molecule has 0 bridgehead atoms. The summed E-state index contributed by atoms with van der Waals surface area (Å²) in [7, 11) is 3.05. The Kier molecular flexibility index (Phi) is 7.43. The zero-order valence-corrected chi connectivity index (χ0v) is 16.8. The highest BCUT2D eigenvalue weighted by Gasteiger charge is 2.09. The lowest BCUT2D eigenvalue weighted by atomic mass is 10.1. The van der Waals surface area contributed by atoms with Gasteiger partial charge in [-0.3, -0.25) is 4.79 Å². The fraction of sp³-hybridized carbons (Fsp3) is 0.200. The summed E-state index contributed by atoms with van der Waals surface area (Å²) in [6.07, 6.45) is 2.77. The van der Waals surface area contributed by atoms with Gasteiger partial charge in [0.25, 0.3) is 5.91 Å². The maximum Gasteiger partial charge on any atom is 0.331 e. The van der Waals surface area contributed by atoms with Gasteiger partial charge in [0.05, 0.1) is 14.2 Å². The molecule has 27 heavy (non-hydrogen) atoms. The molecule has 0 radical (unpaired) electrons. The molecule has 0 saturated heterocycles. The Labute approximate surface area is 166 Å². The van der Waals surface area contributed by atoms with E-state index in [1.807, 2.05) is 19.1 Å². The first kappa shape index (κ1) is 20.5. The summed E-state index contributed by atoms with van der Waals surface area (Å²) in [4.78, 5) is 23.8. The Morgan fingerprint density at radius 1 is 1.15 bits per heavy atom. The number of aryl methyl sites for hydroxylation is 1. The summed E-state index contributed by atoms with van der Waals surface area (Å²) >= 11 is 3.36. The predicted octanol–water partition coefficient (Wildman–Crippen LogP) is 3.97. The molecule has 2 rings (SSSR count). The van der Waals surface area contributed by atoms with Crippen LogP contribution in [0.2, 0.25) is 0 Å². The highest BCUT2D eigenvalue weighted by molar-refractivity contribution is 9.10. The van der Waals surface area contributed by atoms with Gasteiger partial charge in [0.15, 0.2) is 18.1 Å².